The van der Waals surface area contributed by atoms with Crippen molar-refractivity contribution in [3.05, 3.63) is 29.2 Å². The molecule has 0 radical (unpaired) electrons. The van der Waals surface area contributed by atoms with Gasteiger partial charge in [-0.05, 0) is 24.3 Å². The Balaban J connectivity index is 2.17. The van der Waals surface area contributed by atoms with E-state index >= 15 is 0 Å². The summed E-state index contributed by atoms with van der Waals surface area (Å²) in [4.78, 5) is 47.8. The van der Waals surface area contributed by atoms with Crippen LogP contribution in [0.1, 0.15) is 6.92 Å². The Morgan fingerprint density at radius 3 is 2.31 bits per heavy atom. The second-order valence-electron chi connectivity index (χ2n) is 4.41. The summed E-state index contributed by atoms with van der Waals surface area (Å²) in [6, 6.07) is 6.03. The number of nitrogens with one attached hydrogen (secondary N) is 2. The van der Waals surface area contributed by atoms with Gasteiger partial charge >= 0.3 is 12.2 Å². The molecule has 0 atom stereocenters. The first-order chi connectivity index (χ1) is 12.5. The maximum Gasteiger partial charge on any atom is 0.422 e. The third kappa shape index (κ3) is 10.4. The third-order valence-electron chi connectivity index (χ3n) is 2.38. The van der Waals surface area contributed by atoms with Crippen molar-refractivity contribution >= 4 is 45.4 Å². The Morgan fingerprint density at radius 2 is 1.69 bits per heavy atom. The van der Waals surface area contributed by atoms with Crippen molar-refractivity contribution in [2.75, 3.05) is 30.0 Å². The van der Waals surface area contributed by atoms with Gasteiger partial charge in [0.25, 0.3) is 0 Å². The molecule has 0 aliphatic rings. The average Bonchev–Trinajstić information content (AvgIpc) is 2.58. The summed E-state index contributed by atoms with van der Waals surface area (Å²) in [6.45, 7) is 1.68. The van der Waals surface area contributed by atoms with Crippen molar-refractivity contribution < 1.29 is 28.7 Å². The van der Waals surface area contributed by atoms with E-state index in [1.54, 1.807) is 12.1 Å². The minimum absolute atomic E-state index is 0.0922. The molecule has 0 unspecified atom stereocenters. The largest absolute Gasteiger partial charge is 0.448 e. The Kier molecular flexibility index (Phi) is 10.6. The molecule has 0 spiro atoms. The third-order valence-corrected chi connectivity index (χ3v) is 4.72. The van der Waals surface area contributed by atoms with Gasteiger partial charge in [0.2, 0.25) is 5.91 Å². The molecular weight excluding hydrogens is 386 g/mol. The van der Waals surface area contributed by atoms with E-state index in [4.69, 9.17) is 9.47 Å². The predicted molar refractivity (Wildman–Crippen MR) is 97.9 cm³/mol. The molecule has 0 bridgehead atoms. The molecule has 1 aromatic carbocycles. The standard InChI is InChI=1S/C14H17N3O7S2/c1-10(18)15-11-2-4-12(5-3-11)24-14(20)16-13(19)22-6-8-25-26-9-7-23-17-21/h2-5H,6-9H2,1H3,(H,15,18)(H,16,19,20). The fourth-order valence-corrected chi connectivity index (χ4v) is 3.10. The number of carbonyl (C=O) groups excluding carboxylic acids is 3. The second-order valence-corrected chi connectivity index (χ2v) is 7.11. The molecule has 0 heterocycles. The summed E-state index contributed by atoms with van der Waals surface area (Å²) >= 11 is 0. The maximum atomic E-state index is 11.6. The van der Waals surface area contributed by atoms with Crippen LogP contribution in [0.5, 0.6) is 5.75 Å². The highest BCUT2D eigenvalue weighted by Gasteiger charge is 2.11. The Hall–Kier alpha value is -2.47. The molecule has 0 aromatic heterocycles. The van der Waals surface area contributed by atoms with Crippen LogP contribution in [0, 0.1) is 4.91 Å². The summed E-state index contributed by atoms with van der Waals surface area (Å²) < 4.78 is 9.71. The fraction of sp³-hybridized carbons (Fsp3) is 0.357. The van der Waals surface area contributed by atoms with E-state index < -0.39 is 12.2 Å². The lowest BCUT2D eigenvalue weighted by molar-refractivity contribution is -0.114. The van der Waals surface area contributed by atoms with Gasteiger partial charge in [-0.25, -0.2) is 14.9 Å². The first-order valence-corrected chi connectivity index (χ1v) is 9.72. The van der Waals surface area contributed by atoms with Gasteiger partial charge in [-0.2, -0.15) is 0 Å². The van der Waals surface area contributed by atoms with Crippen LogP contribution in [0.15, 0.2) is 29.6 Å². The summed E-state index contributed by atoms with van der Waals surface area (Å²) in [5.41, 5.74) is 0.550. The summed E-state index contributed by atoms with van der Waals surface area (Å²) in [5, 5.41) is 6.74. The normalized spacial score (nSPS) is 9.73. The van der Waals surface area contributed by atoms with Crippen LogP contribution in [0.4, 0.5) is 15.3 Å². The molecule has 10 nitrogen and oxygen atoms in total. The Bertz CT molecular complexity index is 613. The van der Waals surface area contributed by atoms with E-state index in [1.807, 2.05) is 5.32 Å². The highest BCUT2D eigenvalue weighted by atomic mass is 33.1. The van der Waals surface area contributed by atoms with E-state index in [-0.39, 0.29) is 24.9 Å². The van der Waals surface area contributed by atoms with Crippen LogP contribution in [0.3, 0.4) is 0 Å². The maximum absolute atomic E-state index is 11.6. The zero-order chi connectivity index (χ0) is 19.2. The SMILES string of the molecule is CC(=O)Nc1ccc(OC(=O)NC(=O)OCCSSCCON=O)cc1. The van der Waals surface area contributed by atoms with Gasteiger partial charge in [-0.1, -0.05) is 21.6 Å². The first kappa shape index (κ1) is 21.6. The average molecular weight is 403 g/mol. The van der Waals surface area contributed by atoms with Crippen molar-refractivity contribution in [2.24, 2.45) is 5.34 Å². The number of imide groups is 1. The molecular formula is C14H17N3O7S2. The zero-order valence-electron chi connectivity index (χ0n) is 13.8. The van der Waals surface area contributed by atoms with E-state index in [1.165, 1.54) is 40.6 Å². The van der Waals surface area contributed by atoms with E-state index in [2.05, 4.69) is 15.5 Å². The molecule has 12 heteroatoms. The molecule has 0 saturated heterocycles. The van der Waals surface area contributed by atoms with Crippen LogP contribution in [-0.4, -0.2) is 42.8 Å². The smallest absolute Gasteiger partial charge is 0.422 e. The van der Waals surface area contributed by atoms with Crippen LogP contribution in [-0.2, 0) is 14.4 Å². The van der Waals surface area contributed by atoms with Crippen LogP contribution >= 0.6 is 21.6 Å². The minimum Gasteiger partial charge on any atom is -0.448 e. The lowest BCUT2D eigenvalue weighted by Gasteiger charge is -2.07. The van der Waals surface area contributed by atoms with Gasteiger partial charge in [0.1, 0.15) is 19.0 Å². The van der Waals surface area contributed by atoms with Gasteiger partial charge in [-0.3, -0.25) is 4.79 Å². The van der Waals surface area contributed by atoms with Gasteiger partial charge in [0.05, 0.1) is 0 Å². The molecule has 0 fully saturated rings. The quantitative estimate of drug-likeness (QED) is 0.262. The molecule has 3 amide bonds. The van der Waals surface area contributed by atoms with E-state index in [9.17, 15) is 19.3 Å². The number of ether oxygens (including phenoxy) is 2. The topological polar surface area (TPSA) is 132 Å². The van der Waals surface area contributed by atoms with Crippen LogP contribution < -0.4 is 15.4 Å². The molecule has 1 rings (SSSR count). The number of hydrogen-bond acceptors (Lipinski definition) is 10. The van der Waals surface area contributed by atoms with Gasteiger partial charge in [0, 0.05) is 24.1 Å². The lowest BCUT2D eigenvalue weighted by atomic mass is 10.3. The van der Waals surface area contributed by atoms with Crippen LogP contribution in [0.25, 0.3) is 0 Å². The number of hydrogen-bond donors (Lipinski definition) is 2. The summed E-state index contributed by atoms with van der Waals surface area (Å²) in [7, 11) is 2.84. The highest BCUT2D eigenvalue weighted by Crippen LogP contribution is 2.20. The second kappa shape index (κ2) is 12.8. The number of amides is 3. The Morgan fingerprint density at radius 1 is 1.04 bits per heavy atom. The zero-order valence-corrected chi connectivity index (χ0v) is 15.4. The summed E-state index contributed by atoms with van der Waals surface area (Å²) in [6.07, 6.45) is -1.91. The molecule has 1 aromatic rings. The number of anilines is 1. The molecule has 26 heavy (non-hydrogen) atoms. The number of rotatable bonds is 10. The summed E-state index contributed by atoms with van der Waals surface area (Å²) in [5.74, 6) is 1.03. The molecule has 0 aliphatic heterocycles. The van der Waals surface area contributed by atoms with Crippen molar-refractivity contribution in [3.8, 4) is 5.75 Å². The van der Waals surface area contributed by atoms with Crippen molar-refractivity contribution in [2.45, 2.75) is 6.92 Å². The fourth-order valence-electron chi connectivity index (χ4n) is 1.46. The molecule has 0 aliphatic carbocycles. The number of benzene rings is 1. The van der Waals surface area contributed by atoms with Gasteiger partial charge < -0.3 is 19.6 Å². The van der Waals surface area contributed by atoms with Crippen molar-refractivity contribution in [1.29, 1.82) is 0 Å². The highest BCUT2D eigenvalue weighted by molar-refractivity contribution is 8.76. The number of alkyl carbamates (subject to hydrolysis) is 1. The number of nitrogens with zero attached hydrogens (tertiary/aromatic N) is 1. The van der Waals surface area contributed by atoms with Crippen molar-refractivity contribution in [3.63, 3.8) is 0 Å². The monoisotopic (exact) mass is 403 g/mol. The predicted octanol–water partition coefficient (Wildman–Crippen LogP) is 2.95. The van der Waals surface area contributed by atoms with E-state index in [0.717, 1.165) is 0 Å². The first-order valence-electron chi connectivity index (χ1n) is 7.23. The van der Waals surface area contributed by atoms with Gasteiger partial charge in [0.15, 0.2) is 5.34 Å². The van der Waals surface area contributed by atoms with Crippen LogP contribution in [0.2, 0.25) is 0 Å². The van der Waals surface area contributed by atoms with E-state index in [0.29, 0.717) is 17.2 Å². The molecule has 2 N–H and O–H groups in total. The Labute approximate surface area is 157 Å². The minimum atomic E-state index is -0.984. The number of carbonyl (C=O) groups is 3. The molecule has 142 valence electrons. The van der Waals surface area contributed by atoms with Gasteiger partial charge in [-0.15, -0.1) is 4.91 Å². The molecule has 0 saturated carbocycles. The van der Waals surface area contributed by atoms with Crippen molar-refractivity contribution in [1.82, 2.24) is 5.32 Å². The lowest BCUT2D eigenvalue weighted by Crippen LogP contribution is -2.33.